The molecule has 2 N–H and O–H groups in total. The molecular weight excluding hydrogens is 305 g/mol. The van der Waals surface area contributed by atoms with Gasteiger partial charge in [0, 0.05) is 10.2 Å². The number of nitrogen functional groups attached to an aromatic ring is 1. The Morgan fingerprint density at radius 3 is 2.69 bits per heavy atom. The van der Waals surface area contributed by atoms with Gasteiger partial charge in [-0.05, 0) is 28.1 Å². The minimum atomic E-state index is -0.592. The maximum Gasteiger partial charge on any atom is 0.176 e. The summed E-state index contributed by atoms with van der Waals surface area (Å²) in [5, 5.41) is 0.0975. The number of anilines is 1. The molecular formula is C8H6Br2FNO. The molecule has 13 heavy (non-hydrogen) atoms. The van der Waals surface area contributed by atoms with Gasteiger partial charge in [-0.1, -0.05) is 15.9 Å². The van der Waals surface area contributed by atoms with Crippen molar-refractivity contribution in [2.75, 3.05) is 11.1 Å². The highest BCUT2D eigenvalue weighted by atomic mass is 79.9. The average molecular weight is 311 g/mol. The van der Waals surface area contributed by atoms with Gasteiger partial charge in [-0.3, -0.25) is 4.79 Å². The molecule has 70 valence electrons. The number of Topliss-reactive ketones (excluding diaryl/α,β-unsaturated/α-hetero) is 1. The molecule has 0 saturated heterocycles. The lowest BCUT2D eigenvalue weighted by Gasteiger charge is -2.03. The summed E-state index contributed by atoms with van der Waals surface area (Å²) in [6.45, 7) is 0. The Hall–Kier alpha value is -0.420. The molecule has 0 aliphatic rings. The van der Waals surface area contributed by atoms with Crippen LogP contribution < -0.4 is 5.73 Å². The van der Waals surface area contributed by atoms with Crippen LogP contribution in [0.1, 0.15) is 10.4 Å². The molecule has 0 aliphatic heterocycles. The van der Waals surface area contributed by atoms with Crippen LogP contribution in [0.5, 0.6) is 0 Å². The van der Waals surface area contributed by atoms with Gasteiger partial charge in [0.05, 0.1) is 10.9 Å². The first-order chi connectivity index (χ1) is 6.06. The highest BCUT2D eigenvalue weighted by molar-refractivity contribution is 9.10. The molecule has 0 saturated carbocycles. The Morgan fingerprint density at radius 2 is 2.15 bits per heavy atom. The highest BCUT2D eigenvalue weighted by Crippen LogP contribution is 2.23. The first kappa shape index (κ1) is 10.7. The minimum Gasteiger partial charge on any atom is -0.398 e. The number of nitrogens with two attached hydrogens (primary N) is 1. The van der Waals surface area contributed by atoms with Gasteiger partial charge in [0.15, 0.2) is 5.78 Å². The summed E-state index contributed by atoms with van der Waals surface area (Å²) in [6.07, 6.45) is 0. The molecule has 0 bridgehead atoms. The quantitative estimate of drug-likeness (QED) is 0.518. The summed E-state index contributed by atoms with van der Waals surface area (Å²) in [5.74, 6) is -0.900. The molecule has 0 heterocycles. The standard InChI is InChI=1S/C8H6Br2FNO/c9-3-8(13)4-1-5(10)7(12)2-6(4)11/h1-2H,3,12H2. The third-order valence-electron chi connectivity index (χ3n) is 1.51. The van der Waals surface area contributed by atoms with Crippen LogP contribution in [0.2, 0.25) is 0 Å². The van der Waals surface area contributed by atoms with Crippen molar-refractivity contribution in [2.45, 2.75) is 0 Å². The number of carbonyl (C=O) groups is 1. The van der Waals surface area contributed by atoms with Crippen LogP contribution in [0.3, 0.4) is 0 Å². The topological polar surface area (TPSA) is 43.1 Å². The van der Waals surface area contributed by atoms with Gasteiger partial charge in [0.2, 0.25) is 0 Å². The number of rotatable bonds is 2. The zero-order valence-electron chi connectivity index (χ0n) is 6.48. The van der Waals surface area contributed by atoms with Gasteiger partial charge in [-0.2, -0.15) is 0 Å². The van der Waals surface area contributed by atoms with Crippen LogP contribution in [0.4, 0.5) is 10.1 Å². The summed E-state index contributed by atoms with van der Waals surface area (Å²) in [4.78, 5) is 11.1. The first-order valence-corrected chi connectivity index (χ1v) is 5.31. The van der Waals surface area contributed by atoms with E-state index < -0.39 is 5.82 Å². The largest absolute Gasteiger partial charge is 0.398 e. The molecule has 2 nitrogen and oxygen atoms in total. The Bertz CT molecular complexity index is 354. The number of hydrogen-bond donors (Lipinski definition) is 1. The Labute approximate surface area is 91.6 Å². The number of carbonyl (C=O) groups excluding carboxylic acids is 1. The van der Waals surface area contributed by atoms with Crippen molar-refractivity contribution in [3.8, 4) is 0 Å². The van der Waals surface area contributed by atoms with Gasteiger partial charge in [-0.25, -0.2) is 4.39 Å². The van der Waals surface area contributed by atoms with Crippen molar-refractivity contribution < 1.29 is 9.18 Å². The van der Waals surface area contributed by atoms with Crippen LogP contribution >= 0.6 is 31.9 Å². The van der Waals surface area contributed by atoms with E-state index in [4.69, 9.17) is 5.73 Å². The van der Waals surface area contributed by atoms with E-state index in [0.29, 0.717) is 4.47 Å². The lowest BCUT2D eigenvalue weighted by Crippen LogP contribution is -2.04. The van der Waals surface area contributed by atoms with Gasteiger partial charge < -0.3 is 5.73 Å². The van der Waals surface area contributed by atoms with Crippen molar-refractivity contribution in [3.63, 3.8) is 0 Å². The second-order valence-corrected chi connectivity index (χ2v) is 3.83. The molecule has 0 amide bonds. The Kier molecular flexibility index (Phi) is 3.44. The second-order valence-electron chi connectivity index (χ2n) is 2.41. The number of alkyl halides is 1. The van der Waals surface area contributed by atoms with E-state index >= 15 is 0 Å². The van der Waals surface area contributed by atoms with Crippen molar-refractivity contribution in [1.82, 2.24) is 0 Å². The van der Waals surface area contributed by atoms with Crippen molar-refractivity contribution in [3.05, 3.63) is 28.0 Å². The predicted molar refractivity (Wildman–Crippen MR) is 56.6 cm³/mol. The van der Waals surface area contributed by atoms with Crippen molar-refractivity contribution in [1.29, 1.82) is 0 Å². The lowest BCUT2D eigenvalue weighted by atomic mass is 10.1. The molecule has 5 heteroatoms. The molecule has 0 aliphatic carbocycles. The van der Waals surface area contributed by atoms with E-state index in [1.807, 2.05) is 0 Å². The summed E-state index contributed by atoms with van der Waals surface area (Å²) in [7, 11) is 0. The molecule has 0 aromatic heterocycles. The predicted octanol–water partition coefficient (Wildman–Crippen LogP) is 2.75. The monoisotopic (exact) mass is 309 g/mol. The van der Waals surface area contributed by atoms with E-state index in [2.05, 4.69) is 31.9 Å². The minimum absolute atomic E-state index is 0.0398. The fourth-order valence-electron chi connectivity index (χ4n) is 0.848. The zero-order chi connectivity index (χ0) is 10.0. The van der Waals surface area contributed by atoms with Crippen LogP contribution in [0.15, 0.2) is 16.6 Å². The molecule has 1 rings (SSSR count). The fraction of sp³-hybridized carbons (Fsp3) is 0.125. The second kappa shape index (κ2) is 4.19. The summed E-state index contributed by atoms with van der Waals surface area (Å²) in [6, 6.07) is 2.51. The van der Waals surface area contributed by atoms with Crippen molar-refractivity contribution >= 4 is 43.3 Å². The molecule has 0 atom stereocenters. The third-order valence-corrected chi connectivity index (χ3v) is 2.70. The SMILES string of the molecule is Nc1cc(F)c(C(=O)CBr)cc1Br. The van der Waals surface area contributed by atoms with Gasteiger partial charge in [-0.15, -0.1) is 0 Å². The smallest absolute Gasteiger partial charge is 0.176 e. The number of hydrogen-bond acceptors (Lipinski definition) is 2. The van der Waals surface area contributed by atoms with E-state index in [1.54, 1.807) is 0 Å². The molecule has 1 aromatic rings. The zero-order valence-corrected chi connectivity index (χ0v) is 9.65. The lowest BCUT2D eigenvalue weighted by molar-refractivity contribution is 0.102. The molecule has 1 aromatic carbocycles. The van der Waals surface area contributed by atoms with Gasteiger partial charge in [0.25, 0.3) is 0 Å². The molecule has 0 unspecified atom stereocenters. The summed E-state index contributed by atoms with van der Waals surface area (Å²) in [5.41, 5.74) is 5.74. The maximum absolute atomic E-state index is 13.1. The summed E-state index contributed by atoms with van der Waals surface area (Å²) >= 11 is 6.08. The van der Waals surface area contributed by atoms with E-state index in [9.17, 15) is 9.18 Å². The number of halogens is 3. The maximum atomic E-state index is 13.1. The number of benzene rings is 1. The van der Waals surface area contributed by atoms with E-state index in [-0.39, 0.29) is 22.4 Å². The van der Waals surface area contributed by atoms with Gasteiger partial charge >= 0.3 is 0 Å². The Morgan fingerprint density at radius 1 is 1.54 bits per heavy atom. The van der Waals surface area contributed by atoms with E-state index in [0.717, 1.165) is 6.07 Å². The van der Waals surface area contributed by atoms with Gasteiger partial charge in [0.1, 0.15) is 5.82 Å². The average Bonchev–Trinajstić information content (AvgIpc) is 2.10. The third kappa shape index (κ3) is 2.28. The molecule has 0 fully saturated rings. The Balaban J connectivity index is 3.23. The van der Waals surface area contributed by atoms with Crippen LogP contribution in [0.25, 0.3) is 0 Å². The van der Waals surface area contributed by atoms with E-state index in [1.165, 1.54) is 6.07 Å². The fourth-order valence-corrected chi connectivity index (χ4v) is 1.49. The van der Waals surface area contributed by atoms with Crippen molar-refractivity contribution in [2.24, 2.45) is 0 Å². The normalized spacial score (nSPS) is 10.1. The van der Waals surface area contributed by atoms with Crippen LogP contribution in [-0.4, -0.2) is 11.1 Å². The van der Waals surface area contributed by atoms with Crippen LogP contribution in [0, 0.1) is 5.82 Å². The molecule has 0 spiro atoms. The number of ketones is 1. The van der Waals surface area contributed by atoms with Crippen LogP contribution in [-0.2, 0) is 0 Å². The highest BCUT2D eigenvalue weighted by Gasteiger charge is 2.12. The molecule has 0 radical (unpaired) electrons. The summed E-state index contributed by atoms with van der Waals surface area (Å²) < 4.78 is 13.7. The first-order valence-electron chi connectivity index (χ1n) is 3.40.